The summed E-state index contributed by atoms with van der Waals surface area (Å²) < 4.78 is 0. The lowest BCUT2D eigenvalue weighted by molar-refractivity contribution is 1.60. The summed E-state index contributed by atoms with van der Waals surface area (Å²) in [6.45, 7) is 0. The molecule has 0 radical (unpaired) electrons. The van der Waals surface area contributed by atoms with Crippen LogP contribution in [0.25, 0.3) is 64.6 Å². The van der Waals surface area contributed by atoms with E-state index in [1.54, 1.807) is 0 Å². The van der Waals surface area contributed by atoms with Crippen molar-refractivity contribution in [3.63, 3.8) is 0 Å². The number of nitrogens with one attached hydrogen (secondary N) is 2. The Morgan fingerprint density at radius 1 is 0.286 bits per heavy atom. The van der Waals surface area contributed by atoms with Gasteiger partial charge in [-0.15, -0.1) is 0 Å². The second kappa shape index (κ2) is 8.95. The molecule has 0 aliphatic rings. The van der Waals surface area contributed by atoms with Gasteiger partial charge in [0.2, 0.25) is 0 Å². The van der Waals surface area contributed by atoms with Crippen molar-refractivity contribution in [3.05, 3.63) is 146 Å². The lowest BCUT2D eigenvalue weighted by Gasteiger charge is -2.20. The Balaban J connectivity index is 1.30. The molecule has 2 nitrogen and oxygen atoms in total. The molecule has 0 bridgehead atoms. The summed E-state index contributed by atoms with van der Waals surface area (Å²) >= 11 is 0. The number of hydrogen-bond acceptors (Lipinski definition) is 2. The Labute approximate surface area is 243 Å². The quantitative estimate of drug-likeness (QED) is 0.173. The van der Waals surface area contributed by atoms with Crippen LogP contribution < -0.4 is 10.6 Å². The van der Waals surface area contributed by atoms with Crippen molar-refractivity contribution in [1.29, 1.82) is 0 Å². The fraction of sp³-hybridized carbons (Fsp3) is 0. The summed E-state index contributed by atoms with van der Waals surface area (Å²) in [7, 11) is 0. The maximum Gasteiger partial charge on any atom is 0.0470 e. The van der Waals surface area contributed by atoms with Gasteiger partial charge in [0.1, 0.15) is 0 Å². The topological polar surface area (TPSA) is 24.1 Å². The van der Waals surface area contributed by atoms with Crippen molar-refractivity contribution >= 4 is 87.4 Å². The SMILES string of the molecule is c1ccc2cc(Nc3ccc4cccc5c6c(Nc7ccc8ccccc8c7)ccc7cccc(c3c45)c76)ccc2c1. The Morgan fingerprint density at radius 3 is 1.17 bits per heavy atom. The zero-order valence-electron chi connectivity index (χ0n) is 22.9. The lowest BCUT2D eigenvalue weighted by Crippen LogP contribution is -1.97. The van der Waals surface area contributed by atoms with Gasteiger partial charge in [0.15, 0.2) is 0 Å². The fourth-order valence-corrected chi connectivity index (χ4v) is 6.79. The van der Waals surface area contributed by atoms with E-state index in [9.17, 15) is 0 Å². The fourth-order valence-electron chi connectivity index (χ4n) is 6.79. The first-order chi connectivity index (χ1) is 20.8. The molecule has 0 atom stereocenters. The van der Waals surface area contributed by atoms with E-state index in [2.05, 4.69) is 156 Å². The van der Waals surface area contributed by atoms with Gasteiger partial charge in [0.25, 0.3) is 0 Å². The third-order valence-electron chi connectivity index (χ3n) is 8.69. The second-order valence-electron chi connectivity index (χ2n) is 11.2. The van der Waals surface area contributed by atoms with Gasteiger partial charge in [-0.1, -0.05) is 109 Å². The van der Waals surface area contributed by atoms with Crippen LogP contribution in [-0.4, -0.2) is 0 Å². The minimum atomic E-state index is 1.09. The van der Waals surface area contributed by atoms with Gasteiger partial charge < -0.3 is 10.6 Å². The molecule has 9 aromatic rings. The normalized spacial score (nSPS) is 11.8. The van der Waals surface area contributed by atoms with Gasteiger partial charge in [-0.3, -0.25) is 0 Å². The van der Waals surface area contributed by atoms with Crippen LogP contribution >= 0.6 is 0 Å². The number of fused-ring (bicyclic) bond motifs is 4. The van der Waals surface area contributed by atoms with Crippen LogP contribution in [0.15, 0.2) is 146 Å². The number of rotatable bonds is 4. The van der Waals surface area contributed by atoms with Crippen LogP contribution in [0.2, 0.25) is 0 Å². The van der Waals surface area contributed by atoms with E-state index in [0.29, 0.717) is 0 Å². The average molecular weight is 535 g/mol. The van der Waals surface area contributed by atoms with E-state index < -0.39 is 0 Å². The highest BCUT2D eigenvalue weighted by atomic mass is 14.9. The summed E-state index contributed by atoms with van der Waals surface area (Å²) in [5, 5.41) is 22.7. The Hall–Kier alpha value is -5.60. The van der Waals surface area contributed by atoms with Crippen LogP contribution in [0.1, 0.15) is 0 Å². The van der Waals surface area contributed by atoms with Gasteiger partial charge in [0, 0.05) is 33.5 Å². The minimum absolute atomic E-state index is 1.09. The van der Waals surface area contributed by atoms with Crippen LogP contribution in [0.4, 0.5) is 22.7 Å². The first kappa shape index (κ1) is 23.1. The lowest BCUT2D eigenvalue weighted by atomic mass is 9.88. The standard InChI is InChI=1S/C40H26N2/c1-3-9-29-23-31(19-15-25(29)7-1)41-35-21-17-27-11-6-14-34-37(27)39(35)33-13-5-12-28-18-22-36(40(34)38(28)33)42-32-20-16-26-8-2-4-10-30(26)24-32/h1-24,41-42H. The zero-order valence-corrected chi connectivity index (χ0v) is 22.9. The number of hydrogen-bond donors (Lipinski definition) is 2. The predicted octanol–water partition coefficient (Wildman–Crippen LogP) is 11.5. The number of anilines is 4. The van der Waals surface area contributed by atoms with Crippen LogP contribution in [0.5, 0.6) is 0 Å². The smallest absolute Gasteiger partial charge is 0.0470 e. The molecule has 0 spiro atoms. The zero-order chi connectivity index (χ0) is 27.6. The Kier molecular flexibility index (Phi) is 4.93. The monoisotopic (exact) mass is 534 g/mol. The van der Waals surface area contributed by atoms with E-state index >= 15 is 0 Å². The van der Waals surface area contributed by atoms with E-state index in [1.807, 2.05) is 0 Å². The first-order valence-corrected chi connectivity index (χ1v) is 14.4. The van der Waals surface area contributed by atoms with Crippen LogP contribution in [0, 0.1) is 0 Å². The molecule has 196 valence electrons. The van der Waals surface area contributed by atoms with Gasteiger partial charge in [-0.05, 0) is 90.3 Å². The molecule has 9 rings (SSSR count). The third-order valence-corrected chi connectivity index (χ3v) is 8.69. The van der Waals surface area contributed by atoms with Gasteiger partial charge in [-0.2, -0.15) is 0 Å². The minimum Gasteiger partial charge on any atom is -0.355 e. The van der Waals surface area contributed by atoms with E-state index in [4.69, 9.17) is 0 Å². The first-order valence-electron chi connectivity index (χ1n) is 14.4. The van der Waals surface area contributed by atoms with E-state index in [0.717, 1.165) is 22.7 Å². The van der Waals surface area contributed by atoms with Gasteiger partial charge in [0.05, 0.1) is 0 Å². The highest BCUT2D eigenvalue weighted by Crippen LogP contribution is 2.46. The molecule has 0 aliphatic carbocycles. The molecular weight excluding hydrogens is 508 g/mol. The highest BCUT2D eigenvalue weighted by Gasteiger charge is 2.18. The maximum absolute atomic E-state index is 3.80. The maximum atomic E-state index is 3.80. The molecule has 2 heteroatoms. The molecule has 0 saturated heterocycles. The Bertz CT molecular complexity index is 2300. The summed E-state index contributed by atoms with van der Waals surface area (Å²) in [6.07, 6.45) is 0. The molecule has 2 N–H and O–H groups in total. The van der Waals surface area contributed by atoms with Crippen molar-refractivity contribution in [2.45, 2.75) is 0 Å². The predicted molar refractivity (Wildman–Crippen MR) is 182 cm³/mol. The molecule has 0 heterocycles. The summed E-state index contributed by atoms with van der Waals surface area (Å²) in [4.78, 5) is 0. The van der Waals surface area contributed by atoms with Gasteiger partial charge in [-0.25, -0.2) is 0 Å². The molecule has 0 saturated carbocycles. The van der Waals surface area contributed by atoms with Crippen LogP contribution in [0.3, 0.4) is 0 Å². The molecule has 0 fully saturated rings. The largest absolute Gasteiger partial charge is 0.355 e. The van der Waals surface area contributed by atoms with E-state index in [-0.39, 0.29) is 0 Å². The summed E-state index contributed by atoms with van der Waals surface area (Å²) in [5.74, 6) is 0. The molecule has 42 heavy (non-hydrogen) atoms. The molecule has 0 amide bonds. The van der Waals surface area contributed by atoms with Crippen molar-refractivity contribution in [2.75, 3.05) is 10.6 Å². The molecule has 0 unspecified atom stereocenters. The van der Waals surface area contributed by atoms with Crippen molar-refractivity contribution in [1.82, 2.24) is 0 Å². The third kappa shape index (κ3) is 3.52. The molecule has 0 aromatic heterocycles. The van der Waals surface area contributed by atoms with E-state index in [1.165, 1.54) is 64.6 Å². The Morgan fingerprint density at radius 2 is 0.690 bits per heavy atom. The summed E-state index contributed by atoms with van der Waals surface area (Å²) in [6, 6.07) is 52.6. The number of benzene rings is 9. The molecular formula is C40H26N2. The van der Waals surface area contributed by atoms with Gasteiger partial charge >= 0.3 is 0 Å². The van der Waals surface area contributed by atoms with Crippen molar-refractivity contribution in [2.24, 2.45) is 0 Å². The second-order valence-corrected chi connectivity index (χ2v) is 11.2. The molecule has 9 aromatic carbocycles. The van der Waals surface area contributed by atoms with Crippen molar-refractivity contribution < 1.29 is 0 Å². The highest BCUT2D eigenvalue weighted by molar-refractivity contribution is 6.37. The van der Waals surface area contributed by atoms with Crippen LogP contribution in [-0.2, 0) is 0 Å². The molecule has 0 aliphatic heterocycles. The summed E-state index contributed by atoms with van der Waals surface area (Å²) in [5.41, 5.74) is 4.42. The average Bonchev–Trinajstić information content (AvgIpc) is 3.04. The van der Waals surface area contributed by atoms with Crippen molar-refractivity contribution in [3.8, 4) is 0 Å².